The first-order valence-electron chi connectivity index (χ1n) is 5.59. The molecule has 1 aromatic rings. The normalized spacial score (nSPS) is 25.5. The zero-order valence-electron chi connectivity index (χ0n) is 9.06. The minimum absolute atomic E-state index is 0.127. The van der Waals surface area contributed by atoms with E-state index in [0.717, 1.165) is 37.9 Å². The fourth-order valence-electron chi connectivity index (χ4n) is 2.12. The molecule has 88 valence electrons. The van der Waals surface area contributed by atoms with Crippen LogP contribution < -0.4 is 5.32 Å². The number of carboxylic acid groups (broad SMARTS) is 1. The van der Waals surface area contributed by atoms with Gasteiger partial charge >= 0.3 is 5.97 Å². The quantitative estimate of drug-likeness (QED) is 0.843. The molecule has 0 atom stereocenters. The molecule has 16 heavy (non-hydrogen) atoms. The first-order valence-corrected chi connectivity index (χ1v) is 6.53. The number of carboxylic acids is 1. The molecule has 1 aliphatic rings. The molecular weight excluding hydrogens is 224 g/mol. The second-order valence-corrected chi connectivity index (χ2v) is 4.97. The standard InChI is InChI=1S/C11H16N2O2S/c14-11(15)8-1-3-9(4-2-8)12-5-10-6-16-7-13-10/h6-9,12H,1-5H2,(H,14,15). The lowest BCUT2D eigenvalue weighted by Gasteiger charge is -2.26. The third kappa shape index (κ3) is 3.02. The van der Waals surface area contributed by atoms with Crippen LogP contribution in [-0.2, 0) is 11.3 Å². The number of nitrogens with zero attached hydrogens (tertiary/aromatic N) is 1. The molecular formula is C11H16N2O2S. The van der Waals surface area contributed by atoms with Gasteiger partial charge in [-0.1, -0.05) is 0 Å². The number of thiazole rings is 1. The van der Waals surface area contributed by atoms with Crippen molar-refractivity contribution in [3.05, 3.63) is 16.6 Å². The van der Waals surface area contributed by atoms with E-state index in [0.29, 0.717) is 6.04 Å². The maximum Gasteiger partial charge on any atom is 0.306 e. The van der Waals surface area contributed by atoms with Gasteiger partial charge in [-0.05, 0) is 25.7 Å². The van der Waals surface area contributed by atoms with Crippen molar-refractivity contribution in [1.29, 1.82) is 0 Å². The van der Waals surface area contributed by atoms with Gasteiger partial charge in [-0.3, -0.25) is 4.79 Å². The fourth-order valence-corrected chi connectivity index (χ4v) is 2.68. The Morgan fingerprint density at radius 3 is 2.81 bits per heavy atom. The Morgan fingerprint density at radius 1 is 1.50 bits per heavy atom. The smallest absolute Gasteiger partial charge is 0.306 e. The monoisotopic (exact) mass is 240 g/mol. The first-order chi connectivity index (χ1) is 7.75. The van der Waals surface area contributed by atoms with Gasteiger partial charge in [0.1, 0.15) is 0 Å². The summed E-state index contributed by atoms with van der Waals surface area (Å²) in [6.45, 7) is 0.798. The molecule has 0 radical (unpaired) electrons. The predicted octanol–water partition coefficient (Wildman–Crippen LogP) is 1.88. The molecule has 0 amide bonds. The molecule has 0 spiro atoms. The van der Waals surface area contributed by atoms with Crippen LogP contribution in [0.1, 0.15) is 31.4 Å². The molecule has 0 aromatic carbocycles. The lowest BCUT2D eigenvalue weighted by molar-refractivity contribution is -0.142. The largest absolute Gasteiger partial charge is 0.481 e. The minimum atomic E-state index is -0.641. The highest BCUT2D eigenvalue weighted by atomic mass is 32.1. The van der Waals surface area contributed by atoms with Crippen molar-refractivity contribution in [1.82, 2.24) is 10.3 Å². The molecule has 0 saturated heterocycles. The van der Waals surface area contributed by atoms with Gasteiger partial charge in [0.05, 0.1) is 17.1 Å². The summed E-state index contributed by atoms with van der Waals surface area (Å²) >= 11 is 1.60. The van der Waals surface area contributed by atoms with E-state index in [9.17, 15) is 4.79 Å². The zero-order valence-corrected chi connectivity index (χ0v) is 9.87. The van der Waals surface area contributed by atoms with Gasteiger partial charge in [0.25, 0.3) is 0 Å². The molecule has 2 rings (SSSR count). The van der Waals surface area contributed by atoms with Crippen molar-refractivity contribution >= 4 is 17.3 Å². The number of hydrogen-bond donors (Lipinski definition) is 2. The van der Waals surface area contributed by atoms with Crippen LogP contribution >= 0.6 is 11.3 Å². The number of aliphatic carboxylic acids is 1. The molecule has 4 nitrogen and oxygen atoms in total. The number of carbonyl (C=O) groups is 1. The molecule has 1 fully saturated rings. The maximum absolute atomic E-state index is 10.8. The number of hydrogen-bond acceptors (Lipinski definition) is 4. The maximum atomic E-state index is 10.8. The van der Waals surface area contributed by atoms with Gasteiger partial charge in [0, 0.05) is 18.0 Å². The highest BCUT2D eigenvalue weighted by Gasteiger charge is 2.25. The van der Waals surface area contributed by atoms with E-state index in [-0.39, 0.29) is 5.92 Å². The summed E-state index contributed by atoms with van der Waals surface area (Å²) in [7, 11) is 0. The van der Waals surface area contributed by atoms with Crippen molar-refractivity contribution in [3.63, 3.8) is 0 Å². The van der Waals surface area contributed by atoms with Gasteiger partial charge in [-0.15, -0.1) is 11.3 Å². The predicted molar refractivity (Wildman–Crippen MR) is 62.3 cm³/mol. The summed E-state index contributed by atoms with van der Waals surface area (Å²) in [5.41, 5.74) is 2.91. The third-order valence-electron chi connectivity index (χ3n) is 3.13. The van der Waals surface area contributed by atoms with Crippen molar-refractivity contribution in [2.75, 3.05) is 0 Å². The lowest BCUT2D eigenvalue weighted by Crippen LogP contribution is -2.34. The second-order valence-electron chi connectivity index (χ2n) is 4.25. The molecule has 5 heteroatoms. The Balaban J connectivity index is 1.71. The molecule has 1 heterocycles. The van der Waals surface area contributed by atoms with E-state index >= 15 is 0 Å². The van der Waals surface area contributed by atoms with Crippen LogP contribution in [0.3, 0.4) is 0 Å². The SMILES string of the molecule is O=C(O)C1CCC(NCc2cscn2)CC1. The third-order valence-corrected chi connectivity index (χ3v) is 3.77. The minimum Gasteiger partial charge on any atom is -0.481 e. The van der Waals surface area contributed by atoms with Crippen LogP contribution in [-0.4, -0.2) is 22.1 Å². The summed E-state index contributed by atoms with van der Waals surface area (Å²) in [6.07, 6.45) is 3.51. The molecule has 2 N–H and O–H groups in total. The van der Waals surface area contributed by atoms with E-state index in [1.165, 1.54) is 0 Å². The van der Waals surface area contributed by atoms with Crippen molar-refractivity contribution in [2.24, 2.45) is 5.92 Å². The molecule has 0 unspecified atom stereocenters. The summed E-state index contributed by atoms with van der Waals surface area (Å²) in [5, 5.41) is 14.3. The van der Waals surface area contributed by atoms with Crippen LogP contribution in [0.5, 0.6) is 0 Å². The highest BCUT2D eigenvalue weighted by Crippen LogP contribution is 2.24. The zero-order chi connectivity index (χ0) is 11.4. The van der Waals surface area contributed by atoms with Crippen molar-refractivity contribution in [3.8, 4) is 0 Å². The molecule has 1 aromatic heterocycles. The van der Waals surface area contributed by atoms with E-state index in [4.69, 9.17) is 5.11 Å². The van der Waals surface area contributed by atoms with E-state index in [2.05, 4.69) is 10.3 Å². The van der Waals surface area contributed by atoms with Crippen LogP contribution in [0.25, 0.3) is 0 Å². The van der Waals surface area contributed by atoms with Crippen LogP contribution in [0.4, 0.5) is 0 Å². The summed E-state index contributed by atoms with van der Waals surface area (Å²) in [4.78, 5) is 15.0. The van der Waals surface area contributed by atoms with Crippen molar-refractivity contribution in [2.45, 2.75) is 38.3 Å². The van der Waals surface area contributed by atoms with Crippen molar-refractivity contribution < 1.29 is 9.90 Å². The van der Waals surface area contributed by atoms with Gasteiger partial charge < -0.3 is 10.4 Å². The van der Waals surface area contributed by atoms with Gasteiger partial charge in [-0.25, -0.2) is 4.98 Å². The molecule has 1 aliphatic carbocycles. The molecule has 1 saturated carbocycles. The van der Waals surface area contributed by atoms with E-state index in [1.54, 1.807) is 11.3 Å². The Bertz CT molecular complexity index is 332. The van der Waals surface area contributed by atoms with E-state index < -0.39 is 5.97 Å². The Hall–Kier alpha value is -0.940. The van der Waals surface area contributed by atoms with Crippen LogP contribution in [0.15, 0.2) is 10.9 Å². The Labute approximate surface area is 98.7 Å². The summed E-state index contributed by atoms with van der Waals surface area (Å²) in [6, 6.07) is 0.456. The summed E-state index contributed by atoms with van der Waals surface area (Å²) in [5.74, 6) is -0.768. The fraction of sp³-hybridized carbons (Fsp3) is 0.636. The number of rotatable bonds is 4. The van der Waals surface area contributed by atoms with E-state index in [1.807, 2.05) is 10.9 Å². The number of aromatic nitrogens is 1. The topological polar surface area (TPSA) is 62.2 Å². The average Bonchev–Trinajstić information content (AvgIpc) is 2.80. The van der Waals surface area contributed by atoms with Gasteiger partial charge in [0.15, 0.2) is 0 Å². The first kappa shape index (κ1) is 11.5. The summed E-state index contributed by atoms with van der Waals surface area (Å²) < 4.78 is 0. The van der Waals surface area contributed by atoms with Crippen LogP contribution in [0, 0.1) is 5.92 Å². The van der Waals surface area contributed by atoms with Crippen LogP contribution in [0.2, 0.25) is 0 Å². The Morgan fingerprint density at radius 2 is 2.25 bits per heavy atom. The number of nitrogens with one attached hydrogen (secondary N) is 1. The van der Waals surface area contributed by atoms with Gasteiger partial charge in [-0.2, -0.15) is 0 Å². The van der Waals surface area contributed by atoms with Gasteiger partial charge in [0.2, 0.25) is 0 Å². The second kappa shape index (κ2) is 5.41. The lowest BCUT2D eigenvalue weighted by atomic mass is 9.86. The molecule has 0 aliphatic heterocycles. The molecule has 0 bridgehead atoms. The highest BCUT2D eigenvalue weighted by molar-refractivity contribution is 7.07. The Kier molecular flexibility index (Phi) is 3.90. The average molecular weight is 240 g/mol.